The molecule has 0 aliphatic carbocycles. The van der Waals surface area contributed by atoms with Crippen LogP contribution in [0.1, 0.15) is 11.1 Å². The average molecular weight is 570 g/mol. The molecule has 5 aromatic rings. The maximum atomic E-state index is 13.5. The molecular formula is C30H27N5O5S. The van der Waals surface area contributed by atoms with E-state index in [0.29, 0.717) is 28.2 Å². The van der Waals surface area contributed by atoms with Crippen molar-refractivity contribution in [3.05, 3.63) is 102 Å². The van der Waals surface area contributed by atoms with Crippen LogP contribution >= 0.6 is 0 Å². The molecule has 10 nitrogen and oxygen atoms in total. The van der Waals surface area contributed by atoms with E-state index in [1.54, 1.807) is 42.5 Å². The number of anilines is 4. The van der Waals surface area contributed by atoms with Crippen LogP contribution < -0.4 is 20.1 Å². The number of carbonyl (C=O) groups excluding carboxylic acids is 1. The topological polar surface area (TPSA) is 143 Å². The first-order valence-corrected chi connectivity index (χ1v) is 14.1. The highest BCUT2D eigenvalue weighted by molar-refractivity contribution is 7.92. The van der Waals surface area contributed by atoms with Crippen LogP contribution in [0.3, 0.4) is 0 Å². The third-order valence-corrected chi connectivity index (χ3v) is 7.40. The lowest BCUT2D eigenvalue weighted by atomic mass is 10.1. The predicted molar refractivity (Wildman–Crippen MR) is 158 cm³/mol. The highest BCUT2D eigenvalue weighted by Crippen LogP contribution is 2.31. The molecule has 1 heterocycles. The first kappa shape index (κ1) is 27.4. The minimum absolute atomic E-state index is 0.0519. The number of aromatic hydroxyl groups is 1. The van der Waals surface area contributed by atoms with Crippen molar-refractivity contribution < 1.29 is 23.1 Å². The van der Waals surface area contributed by atoms with Gasteiger partial charge in [0.05, 0.1) is 29.5 Å². The van der Waals surface area contributed by atoms with Gasteiger partial charge < -0.3 is 20.5 Å². The van der Waals surface area contributed by atoms with Crippen molar-refractivity contribution in [2.75, 3.05) is 22.5 Å². The number of carbonyl (C=O) groups is 1. The van der Waals surface area contributed by atoms with Gasteiger partial charge in [0.2, 0.25) is 5.91 Å². The van der Waals surface area contributed by atoms with Crippen molar-refractivity contribution in [3.63, 3.8) is 0 Å². The zero-order valence-corrected chi connectivity index (χ0v) is 23.1. The van der Waals surface area contributed by atoms with Gasteiger partial charge in [0, 0.05) is 29.6 Å². The van der Waals surface area contributed by atoms with E-state index in [-0.39, 0.29) is 34.6 Å². The van der Waals surface area contributed by atoms with E-state index in [4.69, 9.17) is 4.74 Å². The number of hydrogen-bond donors (Lipinski definition) is 4. The molecule has 0 aliphatic rings. The molecular weight excluding hydrogens is 542 g/mol. The van der Waals surface area contributed by atoms with E-state index in [1.807, 2.05) is 31.2 Å². The van der Waals surface area contributed by atoms with E-state index < -0.39 is 10.0 Å². The third-order valence-electron chi connectivity index (χ3n) is 6.07. The Kier molecular flexibility index (Phi) is 7.70. The predicted octanol–water partition coefficient (Wildman–Crippen LogP) is 5.38. The van der Waals surface area contributed by atoms with Gasteiger partial charge in [0.25, 0.3) is 10.0 Å². The maximum Gasteiger partial charge on any atom is 0.263 e. The summed E-state index contributed by atoms with van der Waals surface area (Å²) in [7, 11) is -2.69. The number of nitrogens with zero attached hydrogens (tertiary/aromatic N) is 2. The van der Waals surface area contributed by atoms with E-state index in [1.165, 1.54) is 31.4 Å². The molecule has 0 bridgehead atoms. The van der Waals surface area contributed by atoms with Crippen molar-refractivity contribution >= 4 is 50.0 Å². The molecule has 5 rings (SSSR count). The Hall–Kier alpha value is -5.16. The normalized spacial score (nSPS) is 11.2. The van der Waals surface area contributed by atoms with Crippen LogP contribution in [0.4, 0.5) is 23.0 Å². The smallest absolute Gasteiger partial charge is 0.263 e. The van der Waals surface area contributed by atoms with Crippen molar-refractivity contribution in [3.8, 4) is 11.5 Å². The van der Waals surface area contributed by atoms with Crippen molar-refractivity contribution in [2.24, 2.45) is 0 Å². The quantitative estimate of drug-likeness (QED) is 0.185. The third kappa shape index (κ3) is 6.71. The van der Waals surface area contributed by atoms with E-state index >= 15 is 0 Å². The number of aryl methyl sites for hydroxylation is 1. The lowest BCUT2D eigenvalue weighted by molar-refractivity contribution is -0.115. The van der Waals surface area contributed by atoms with Crippen LogP contribution in [0.5, 0.6) is 11.5 Å². The fourth-order valence-corrected chi connectivity index (χ4v) is 5.26. The standard InChI is InChI=1S/C30H27N5O5S/c1-19-7-5-8-20(13-19)14-28(37)31-21-9-6-10-25(17-21)41(38,39)35-30-29(33-26-11-3-4-12-27(26)34-30)32-22-15-23(36)18-24(16-22)40-2/h3-13,15-18,36H,14H2,1-2H3,(H,31,37)(H,32,33)(H,34,35). The minimum atomic E-state index is -4.16. The Morgan fingerprint density at radius 3 is 2.32 bits per heavy atom. The number of benzene rings is 4. The summed E-state index contributed by atoms with van der Waals surface area (Å²) in [6, 6.07) is 25.1. The number of ether oxygens (including phenoxy) is 1. The Morgan fingerprint density at radius 2 is 1.59 bits per heavy atom. The van der Waals surface area contributed by atoms with Crippen molar-refractivity contribution in [2.45, 2.75) is 18.2 Å². The highest BCUT2D eigenvalue weighted by atomic mass is 32.2. The second kappa shape index (κ2) is 11.5. The molecule has 0 saturated carbocycles. The first-order valence-electron chi connectivity index (χ1n) is 12.6. The van der Waals surface area contributed by atoms with Gasteiger partial charge in [-0.2, -0.15) is 0 Å². The molecule has 0 radical (unpaired) electrons. The summed E-state index contributed by atoms with van der Waals surface area (Å²) < 4.78 is 34.7. The van der Waals surface area contributed by atoms with Crippen LogP contribution in [0.25, 0.3) is 11.0 Å². The number of phenols is 1. The number of para-hydroxylation sites is 2. The zero-order chi connectivity index (χ0) is 29.0. The van der Waals surface area contributed by atoms with Crippen LogP contribution in [-0.4, -0.2) is 36.5 Å². The van der Waals surface area contributed by atoms with Crippen LogP contribution in [-0.2, 0) is 21.2 Å². The van der Waals surface area contributed by atoms with Gasteiger partial charge >= 0.3 is 0 Å². The molecule has 0 saturated heterocycles. The summed E-state index contributed by atoms with van der Waals surface area (Å²) >= 11 is 0. The second-order valence-electron chi connectivity index (χ2n) is 9.30. The van der Waals surface area contributed by atoms with Gasteiger partial charge in [0.1, 0.15) is 11.5 Å². The maximum absolute atomic E-state index is 13.5. The molecule has 41 heavy (non-hydrogen) atoms. The van der Waals surface area contributed by atoms with Crippen LogP contribution in [0, 0.1) is 6.92 Å². The van der Waals surface area contributed by atoms with Gasteiger partial charge in [-0.1, -0.05) is 48.0 Å². The zero-order valence-electron chi connectivity index (χ0n) is 22.3. The number of amides is 1. The summed E-state index contributed by atoms with van der Waals surface area (Å²) in [5.74, 6) is 0.127. The summed E-state index contributed by atoms with van der Waals surface area (Å²) in [6.45, 7) is 1.95. The number of hydrogen-bond acceptors (Lipinski definition) is 8. The molecule has 0 atom stereocenters. The Balaban J connectivity index is 1.42. The van der Waals surface area contributed by atoms with Crippen LogP contribution in [0.15, 0.2) is 95.9 Å². The molecule has 0 fully saturated rings. The number of methoxy groups -OCH3 is 1. The minimum Gasteiger partial charge on any atom is -0.508 e. The van der Waals surface area contributed by atoms with Crippen molar-refractivity contribution in [1.29, 1.82) is 0 Å². The summed E-state index contributed by atoms with van der Waals surface area (Å²) in [4.78, 5) is 21.6. The van der Waals surface area contributed by atoms with Crippen LogP contribution in [0.2, 0.25) is 0 Å². The molecule has 1 amide bonds. The molecule has 11 heteroatoms. The van der Waals surface area contributed by atoms with Gasteiger partial charge in [-0.25, -0.2) is 18.4 Å². The number of aromatic nitrogens is 2. The largest absolute Gasteiger partial charge is 0.508 e. The first-order chi connectivity index (χ1) is 19.7. The van der Waals surface area contributed by atoms with E-state index in [9.17, 15) is 18.3 Å². The fourth-order valence-electron chi connectivity index (χ4n) is 4.21. The SMILES string of the molecule is COc1cc(O)cc(Nc2nc3ccccc3nc2NS(=O)(=O)c2cccc(NC(=O)Cc3cccc(C)c3)c2)c1. The monoisotopic (exact) mass is 569 g/mol. The molecule has 0 aliphatic heterocycles. The lowest BCUT2D eigenvalue weighted by Gasteiger charge is -2.15. The molecule has 4 aromatic carbocycles. The molecule has 1 aromatic heterocycles. The molecule has 0 unspecified atom stereocenters. The number of fused-ring (bicyclic) bond motifs is 1. The van der Waals surface area contributed by atoms with E-state index in [2.05, 4.69) is 25.3 Å². The number of rotatable bonds is 9. The van der Waals surface area contributed by atoms with Gasteiger partial charge in [-0.05, 0) is 42.8 Å². The van der Waals surface area contributed by atoms with Gasteiger partial charge in [-0.3, -0.25) is 9.52 Å². The fraction of sp³-hybridized carbons (Fsp3) is 0.100. The van der Waals surface area contributed by atoms with E-state index in [0.717, 1.165) is 11.1 Å². The Morgan fingerprint density at radius 1 is 0.854 bits per heavy atom. The molecule has 4 N–H and O–H groups in total. The summed E-state index contributed by atoms with van der Waals surface area (Å²) in [6.07, 6.45) is 0.151. The molecule has 0 spiro atoms. The summed E-state index contributed by atoms with van der Waals surface area (Å²) in [5, 5.41) is 15.8. The lowest BCUT2D eigenvalue weighted by Crippen LogP contribution is -2.17. The van der Waals surface area contributed by atoms with Crippen molar-refractivity contribution in [1.82, 2.24) is 9.97 Å². The van der Waals surface area contributed by atoms with Gasteiger partial charge in [-0.15, -0.1) is 0 Å². The van der Waals surface area contributed by atoms with Gasteiger partial charge in [0.15, 0.2) is 11.6 Å². The number of phenolic OH excluding ortho intramolecular Hbond substituents is 1. The molecule has 208 valence electrons. The number of nitrogens with one attached hydrogen (secondary N) is 3. The highest BCUT2D eigenvalue weighted by Gasteiger charge is 2.20. The Bertz CT molecular complexity index is 1860. The average Bonchev–Trinajstić information content (AvgIpc) is 2.93. The number of sulfonamides is 1. The Labute approximate surface area is 237 Å². The second-order valence-corrected chi connectivity index (χ2v) is 11.0. The summed E-state index contributed by atoms with van der Waals surface area (Å²) in [5.41, 5.74) is 3.64.